The molecule has 3 heteroatoms. The van der Waals surface area contributed by atoms with Crippen LogP contribution in [0, 0.1) is 0 Å². The average molecular weight is 299 g/mol. The van der Waals surface area contributed by atoms with Crippen LogP contribution in [0.5, 0.6) is 0 Å². The maximum absolute atomic E-state index is 10.6. The van der Waals surface area contributed by atoms with Gasteiger partial charge in [-0.25, -0.2) is 0 Å². The molecule has 3 aromatic rings. The number of aliphatic hydroxyl groups excluding tert-OH is 1. The molecule has 0 radical (unpaired) electrons. The lowest BCUT2D eigenvalue weighted by atomic mass is 10.0. The second-order valence-electron chi connectivity index (χ2n) is 5.62. The lowest BCUT2D eigenvalue weighted by molar-refractivity contribution is 0.192. The Labute approximate surface area is 128 Å². The number of fused-ring (bicyclic) bond motifs is 2. The topological polar surface area (TPSA) is 33.4 Å². The molecular formula is C18H15ClO2. The molecule has 1 N–H and O–H groups in total. The summed E-state index contributed by atoms with van der Waals surface area (Å²) in [5.74, 6) is 0.560. The van der Waals surface area contributed by atoms with E-state index in [0.717, 1.165) is 29.4 Å². The van der Waals surface area contributed by atoms with E-state index in [9.17, 15) is 5.11 Å². The van der Waals surface area contributed by atoms with Crippen molar-refractivity contribution in [3.63, 3.8) is 0 Å². The van der Waals surface area contributed by atoms with E-state index in [4.69, 9.17) is 16.0 Å². The van der Waals surface area contributed by atoms with Crippen molar-refractivity contribution in [3.8, 4) is 0 Å². The van der Waals surface area contributed by atoms with Crippen molar-refractivity contribution >= 4 is 22.6 Å². The Bertz CT molecular complexity index is 819. The van der Waals surface area contributed by atoms with E-state index < -0.39 is 6.10 Å². The smallest absolute Gasteiger partial charge is 0.138 e. The normalized spacial score (nSPS) is 15.3. The van der Waals surface area contributed by atoms with Crippen molar-refractivity contribution in [2.75, 3.05) is 0 Å². The SMILES string of the molecule is OC(c1ccc2c(c1)CCC2)c1cc2cc(Cl)ccc2o1. The zero-order valence-electron chi connectivity index (χ0n) is 11.5. The minimum absolute atomic E-state index is 0.560. The second-order valence-corrected chi connectivity index (χ2v) is 6.05. The van der Waals surface area contributed by atoms with Crippen LogP contribution in [-0.4, -0.2) is 5.11 Å². The monoisotopic (exact) mass is 298 g/mol. The van der Waals surface area contributed by atoms with Crippen LogP contribution in [0.1, 0.15) is 35.0 Å². The van der Waals surface area contributed by atoms with E-state index in [1.54, 1.807) is 6.07 Å². The number of aliphatic hydroxyl groups is 1. The summed E-state index contributed by atoms with van der Waals surface area (Å²) in [4.78, 5) is 0. The third-order valence-electron chi connectivity index (χ3n) is 4.21. The number of hydrogen-bond donors (Lipinski definition) is 1. The number of furan rings is 1. The van der Waals surface area contributed by atoms with Gasteiger partial charge in [0, 0.05) is 10.4 Å². The van der Waals surface area contributed by atoms with Crippen LogP contribution in [0.2, 0.25) is 5.02 Å². The molecule has 1 atom stereocenters. The molecule has 1 heterocycles. The molecule has 1 aliphatic carbocycles. The zero-order chi connectivity index (χ0) is 14.4. The Morgan fingerprint density at radius 3 is 2.76 bits per heavy atom. The summed E-state index contributed by atoms with van der Waals surface area (Å²) in [6.07, 6.45) is 2.72. The number of aryl methyl sites for hydroxylation is 2. The summed E-state index contributed by atoms with van der Waals surface area (Å²) in [6, 6.07) is 13.6. The molecule has 106 valence electrons. The average Bonchev–Trinajstić information content (AvgIpc) is 3.11. The number of halogens is 1. The molecule has 0 spiro atoms. The second kappa shape index (κ2) is 4.90. The van der Waals surface area contributed by atoms with Crippen LogP contribution >= 0.6 is 11.6 Å². The summed E-state index contributed by atoms with van der Waals surface area (Å²) in [5, 5.41) is 12.1. The van der Waals surface area contributed by atoms with Crippen molar-refractivity contribution in [1.29, 1.82) is 0 Å². The Hall–Kier alpha value is -1.77. The van der Waals surface area contributed by atoms with Crippen molar-refractivity contribution in [2.24, 2.45) is 0 Å². The van der Waals surface area contributed by atoms with Crippen LogP contribution < -0.4 is 0 Å². The fourth-order valence-corrected chi connectivity index (χ4v) is 3.28. The first-order valence-corrected chi connectivity index (χ1v) is 7.57. The molecular weight excluding hydrogens is 284 g/mol. The molecule has 0 fully saturated rings. The molecule has 0 amide bonds. The summed E-state index contributed by atoms with van der Waals surface area (Å²) in [7, 11) is 0. The van der Waals surface area contributed by atoms with Gasteiger partial charge in [-0.3, -0.25) is 0 Å². The maximum atomic E-state index is 10.6. The fraction of sp³-hybridized carbons (Fsp3) is 0.222. The van der Waals surface area contributed by atoms with Crippen molar-refractivity contribution in [2.45, 2.75) is 25.4 Å². The third kappa shape index (κ3) is 2.25. The molecule has 2 aromatic carbocycles. The van der Waals surface area contributed by atoms with Crippen LogP contribution in [0.3, 0.4) is 0 Å². The highest BCUT2D eigenvalue weighted by Crippen LogP contribution is 2.32. The number of hydrogen-bond acceptors (Lipinski definition) is 2. The first kappa shape index (κ1) is 12.9. The molecule has 4 rings (SSSR count). The van der Waals surface area contributed by atoms with E-state index in [-0.39, 0.29) is 0 Å². The van der Waals surface area contributed by atoms with Gasteiger partial charge < -0.3 is 9.52 Å². The van der Waals surface area contributed by atoms with Gasteiger partial charge in [0.2, 0.25) is 0 Å². The summed E-state index contributed by atoms with van der Waals surface area (Å²) >= 11 is 5.98. The minimum atomic E-state index is -0.734. The molecule has 0 saturated carbocycles. The standard InChI is InChI=1S/C18H15ClO2/c19-15-6-7-16-14(9-15)10-17(21-16)18(20)13-5-4-11-2-1-3-12(11)8-13/h4-10,18,20H,1-3H2. The van der Waals surface area contributed by atoms with Crippen LogP contribution in [0.25, 0.3) is 11.0 Å². The molecule has 2 nitrogen and oxygen atoms in total. The highest BCUT2D eigenvalue weighted by molar-refractivity contribution is 6.31. The molecule has 0 saturated heterocycles. The first-order chi connectivity index (χ1) is 10.2. The quantitative estimate of drug-likeness (QED) is 0.746. The Morgan fingerprint density at radius 1 is 1.00 bits per heavy atom. The molecule has 0 aliphatic heterocycles. The Kier molecular flexibility index (Phi) is 3.02. The van der Waals surface area contributed by atoms with Gasteiger partial charge in [0.05, 0.1) is 0 Å². The van der Waals surface area contributed by atoms with Gasteiger partial charge >= 0.3 is 0 Å². The molecule has 0 bridgehead atoms. The highest BCUT2D eigenvalue weighted by Gasteiger charge is 2.18. The van der Waals surface area contributed by atoms with Gasteiger partial charge in [-0.1, -0.05) is 29.8 Å². The summed E-state index contributed by atoms with van der Waals surface area (Å²) in [6.45, 7) is 0. The first-order valence-electron chi connectivity index (χ1n) is 7.19. The van der Waals surface area contributed by atoms with Gasteiger partial charge in [0.15, 0.2) is 0 Å². The van der Waals surface area contributed by atoms with E-state index >= 15 is 0 Å². The minimum Gasteiger partial charge on any atom is -0.458 e. The van der Waals surface area contributed by atoms with Gasteiger partial charge in [-0.05, 0) is 60.2 Å². The largest absolute Gasteiger partial charge is 0.458 e. The van der Waals surface area contributed by atoms with Crippen molar-refractivity contribution < 1.29 is 9.52 Å². The van der Waals surface area contributed by atoms with E-state index in [1.165, 1.54) is 17.5 Å². The lowest BCUT2D eigenvalue weighted by Gasteiger charge is -2.10. The van der Waals surface area contributed by atoms with Gasteiger partial charge in [-0.2, -0.15) is 0 Å². The number of rotatable bonds is 2. The van der Waals surface area contributed by atoms with E-state index in [1.807, 2.05) is 24.3 Å². The molecule has 21 heavy (non-hydrogen) atoms. The van der Waals surface area contributed by atoms with Gasteiger partial charge in [0.1, 0.15) is 17.4 Å². The highest BCUT2D eigenvalue weighted by atomic mass is 35.5. The molecule has 1 unspecified atom stereocenters. The van der Waals surface area contributed by atoms with E-state index in [0.29, 0.717) is 10.8 Å². The molecule has 1 aromatic heterocycles. The summed E-state index contributed by atoms with van der Waals surface area (Å²) in [5.41, 5.74) is 4.39. The predicted molar refractivity (Wildman–Crippen MR) is 83.8 cm³/mol. The Morgan fingerprint density at radius 2 is 1.86 bits per heavy atom. The van der Waals surface area contributed by atoms with E-state index in [2.05, 4.69) is 12.1 Å². The molecule has 1 aliphatic rings. The Balaban J connectivity index is 1.73. The lowest BCUT2D eigenvalue weighted by Crippen LogP contribution is -1.99. The van der Waals surface area contributed by atoms with Gasteiger partial charge in [-0.15, -0.1) is 0 Å². The van der Waals surface area contributed by atoms with Crippen molar-refractivity contribution in [1.82, 2.24) is 0 Å². The van der Waals surface area contributed by atoms with Crippen molar-refractivity contribution in [3.05, 3.63) is 69.9 Å². The van der Waals surface area contributed by atoms with Crippen LogP contribution in [0.4, 0.5) is 0 Å². The predicted octanol–water partition coefficient (Wildman–Crippen LogP) is 4.66. The maximum Gasteiger partial charge on any atom is 0.138 e. The zero-order valence-corrected chi connectivity index (χ0v) is 12.2. The summed E-state index contributed by atoms with van der Waals surface area (Å²) < 4.78 is 5.75. The van der Waals surface area contributed by atoms with Gasteiger partial charge in [0.25, 0.3) is 0 Å². The fourth-order valence-electron chi connectivity index (χ4n) is 3.10. The third-order valence-corrected chi connectivity index (χ3v) is 4.44. The van der Waals surface area contributed by atoms with Crippen LogP contribution in [-0.2, 0) is 12.8 Å². The number of benzene rings is 2. The van der Waals surface area contributed by atoms with Crippen LogP contribution in [0.15, 0.2) is 46.9 Å².